The first-order valence-electron chi connectivity index (χ1n) is 36.7. The van der Waals surface area contributed by atoms with E-state index in [0.717, 1.165) is 134 Å². The minimum Gasteiger partial charge on any atom is -1.00 e. The van der Waals surface area contributed by atoms with E-state index in [1.807, 2.05) is 72.8 Å². The first kappa shape index (κ1) is 118. The zero-order valence-corrected chi connectivity index (χ0v) is 79.6. The molecule has 1 amide bonds. The molecule has 0 aromatic heterocycles. The largest absolute Gasteiger partial charge is 2.00 e. The van der Waals surface area contributed by atoms with E-state index in [1.54, 1.807) is 6.92 Å². The molecule has 6 aliphatic rings. The van der Waals surface area contributed by atoms with E-state index in [1.165, 1.54) is 80.0 Å². The van der Waals surface area contributed by atoms with Crippen LogP contribution in [-0.4, -0.2) is 132 Å². The number of ether oxygens (including phenoxy) is 1. The molecule has 108 heavy (non-hydrogen) atoms. The smallest absolute Gasteiger partial charge is 1.00 e. The molecule has 0 bridgehead atoms. The Bertz CT molecular complexity index is 3220. The van der Waals surface area contributed by atoms with Crippen molar-refractivity contribution in [3.63, 3.8) is 0 Å². The fourth-order valence-corrected chi connectivity index (χ4v) is 15.0. The Morgan fingerprint density at radius 3 is 1.13 bits per heavy atom. The van der Waals surface area contributed by atoms with Crippen LogP contribution in [0.3, 0.4) is 0 Å². The number of aliphatic hydroxyl groups excluding tert-OH is 1. The van der Waals surface area contributed by atoms with Crippen LogP contribution < -0.4 is 79.9 Å². The van der Waals surface area contributed by atoms with Gasteiger partial charge in [-0.3, -0.25) is 4.79 Å². The summed E-state index contributed by atoms with van der Waals surface area (Å²) in [6.07, 6.45) is 24.9. The third-order valence-corrected chi connectivity index (χ3v) is 21.7. The van der Waals surface area contributed by atoms with Gasteiger partial charge in [0, 0.05) is 87.6 Å². The molecule has 8 nitrogen and oxygen atoms in total. The third kappa shape index (κ3) is 37.4. The second-order valence-corrected chi connectivity index (χ2v) is 32.3. The number of likely N-dealkylation sites (N-methyl/N-ethyl adjacent to an activating group) is 1. The molecule has 7 radical (unpaired) electrons. The predicted molar refractivity (Wildman–Crippen MR) is 465 cm³/mol. The average Bonchev–Trinajstić information content (AvgIpc) is 0.941. The van der Waals surface area contributed by atoms with E-state index in [-0.39, 0.29) is 179 Å². The van der Waals surface area contributed by atoms with Gasteiger partial charge in [-0.2, -0.15) is 22.7 Å². The summed E-state index contributed by atoms with van der Waals surface area (Å²) < 4.78 is 4.93. The van der Waals surface area contributed by atoms with Gasteiger partial charge in [-0.1, -0.05) is 227 Å². The third-order valence-electron chi connectivity index (χ3n) is 20.5. The Morgan fingerprint density at radius 2 is 0.907 bits per heavy atom. The fraction of sp³-hybridized carbons (Fsp3) is 0.581. The first-order chi connectivity index (χ1) is 47.6. The molecule has 22 heteroatoms. The molecule has 5 saturated carbocycles. The number of amides is 1. The molecule has 4 unspecified atom stereocenters. The van der Waals surface area contributed by atoms with E-state index in [9.17, 15) is 10.2 Å². The standard InChI is InChI=1S/C16H22ClNO.C16H24ClN.C15H22ClN.C15H19ClN.C11H10ClN.C4H7BO.C4H9.C3H3B.CH4O.CH4.B.2BrH.ClH.2Mg.Na.H/c1-12(2)10-15(18-11-19)16(8-3-9-16)13-4-6-14(17)7-5-13;1-12(2)11-15(18-3)16(9-4-10-16)13-5-7-14(17)8-6-13;2*1-11(2)10-14(17)15(8-3-9-15)12-4-6-13(16)7-5-12;12-10-4-2-9(3-5-10)11(8-13)6-1-7-11;5-4-2-1-3-6-4;1-4(2)3;1-2-3-4;1-2;;;;;;;;;/h4-7,11-12,15H,3,8-10H2,1-2H3,(H,18,19);5-8,12,15,18H,4,9-11H2,1-3H3;4-7,11,14H,3,8-10,17H2,1-2H3;4-7,11H,3,8-10H2,1-2H3;2-5H,1,6-7H2;4H,1-3H2;4H,1H2,2-3H3;1H3;2H,1H3;1H4;;3*1H;;;;/q;;;-1;;;-1;;;;;;;;2*+2;+1;-1/p-2. The Hall–Kier alpha value is -0.443. The second-order valence-electron chi connectivity index (χ2n) is 30.1. The quantitative estimate of drug-likeness (QED) is 0.0201. The number of nitriles is 1. The van der Waals surface area contributed by atoms with Crippen LogP contribution in [0.1, 0.15) is 248 Å². The van der Waals surface area contributed by atoms with Crippen LogP contribution in [0.15, 0.2) is 121 Å². The van der Waals surface area contributed by atoms with Crippen molar-refractivity contribution >= 4 is 153 Å². The van der Waals surface area contributed by atoms with E-state index in [4.69, 9.17) is 86.7 Å². The van der Waals surface area contributed by atoms with Gasteiger partial charge in [-0.25, -0.2) is 0 Å². The van der Waals surface area contributed by atoms with Crippen molar-refractivity contribution in [2.75, 3.05) is 20.8 Å². The Labute approximate surface area is 769 Å². The Kier molecular flexibility index (Phi) is 67.8. The number of hydrogen-bond acceptors (Lipinski definition) is 6. The summed E-state index contributed by atoms with van der Waals surface area (Å²) in [4.78, 5) is 10.9. The van der Waals surface area contributed by atoms with E-state index in [0.29, 0.717) is 40.8 Å². The van der Waals surface area contributed by atoms with Crippen molar-refractivity contribution in [1.82, 2.24) is 10.6 Å². The van der Waals surface area contributed by atoms with Gasteiger partial charge in [0.25, 0.3) is 0 Å². The van der Waals surface area contributed by atoms with Crippen molar-refractivity contribution in [2.45, 2.75) is 270 Å². The SMILES string of the molecule is C.CC(C)CC(=[N-])C1(c2ccc(Cl)cc2)CCC1.CC(C)CC(N)C1(c2ccc(Cl)cc2)CCC1.CC(C)CC(NC=O)C1(c2ccc(Cl)cc2)CCC1.CNC(CC(C)C)C1(c2ccc(Cl)cc2)CCC1.CO.Cl.N#CC1(c2ccc(Cl)cc2)CCC1.[B].[B]C#CC.[B]C1CCCO1.[Br-].[Br-].[CH2-]C(C)C.[H-].[Mg+2].[Mg+2].[Na+]. The van der Waals surface area contributed by atoms with Gasteiger partial charge in [-0.05, 0) is 234 Å². The summed E-state index contributed by atoms with van der Waals surface area (Å²) in [6.45, 7) is 28.1. The molecule has 5 N–H and O–H groups in total. The van der Waals surface area contributed by atoms with Gasteiger partial charge in [-0.15, -0.1) is 18.3 Å². The Balaban J connectivity index is -0.000000223. The van der Waals surface area contributed by atoms with Crippen LogP contribution in [0.25, 0.3) is 5.41 Å². The second kappa shape index (κ2) is 61.8. The van der Waals surface area contributed by atoms with Crippen molar-refractivity contribution in [1.29, 1.82) is 5.26 Å². The van der Waals surface area contributed by atoms with E-state index >= 15 is 0 Å². The molecule has 5 aromatic rings. The topological polar surface area (TPSA) is 143 Å². The number of rotatable bonds is 20. The normalized spacial score (nSPS) is 17.2. The maximum absolute atomic E-state index is 10.9. The molecule has 583 valence electrons. The summed E-state index contributed by atoms with van der Waals surface area (Å²) in [5, 5.41) is 37.0. The molecule has 11 rings (SSSR count). The van der Waals surface area contributed by atoms with Crippen LogP contribution >= 0.6 is 70.4 Å². The van der Waals surface area contributed by atoms with Gasteiger partial charge in [0.15, 0.2) is 7.85 Å². The number of carbonyl (C=O) groups excluding carboxylic acids is 1. The number of benzene rings is 5. The number of carbonyl (C=O) groups is 1. The summed E-state index contributed by atoms with van der Waals surface area (Å²) in [5.41, 5.74) is 13.9. The maximum Gasteiger partial charge on any atom is 2.00 e. The molecule has 1 heterocycles. The fourth-order valence-electron chi connectivity index (χ4n) is 14.4. The summed E-state index contributed by atoms with van der Waals surface area (Å²) in [5.74, 6) is 7.68. The van der Waals surface area contributed by atoms with Crippen molar-refractivity contribution in [3.05, 3.63) is 187 Å². The molecule has 4 atom stereocenters. The van der Waals surface area contributed by atoms with Crippen molar-refractivity contribution < 1.29 is 79.6 Å². The first-order valence-corrected chi connectivity index (χ1v) is 38.6. The van der Waals surface area contributed by atoms with Crippen LogP contribution in [-0.2, 0) is 36.6 Å². The molecule has 1 aliphatic heterocycles. The van der Waals surface area contributed by atoms with Crippen molar-refractivity contribution in [2.24, 2.45) is 35.3 Å². The molecule has 5 aromatic carbocycles. The summed E-state index contributed by atoms with van der Waals surface area (Å²) in [6, 6.07) is 44.0. The van der Waals surface area contributed by atoms with Gasteiger partial charge in [0.05, 0.1) is 11.5 Å². The molecule has 1 saturated heterocycles. The number of nitrogens with zero attached hydrogens (tertiary/aromatic N) is 2. The number of nitrogens with two attached hydrogens (primary N) is 1. The van der Waals surface area contributed by atoms with Crippen LogP contribution in [0.5, 0.6) is 0 Å². The average molecular weight is 1750 g/mol. The van der Waals surface area contributed by atoms with Gasteiger partial charge in [0.2, 0.25) is 6.41 Å². The molecular formula is C86H126B3Br2Cl6Mg2N5NaO3. The predicted octanol–water partition coefficient (Wildman–Crippen LogP) is 13.1. The van der Waals surface area contributed by atoms with Gasteiger partial charge in [0.1, 0.15) is 7.85 Å². The summed E-state index contributed by atoms with van der Waals surface area (Å²) in [7, 11) is 13.1. The van der Waals surface area contributed by atoms with E-state index < -0.39 is 0 Å². The Morgan fingerprint density at radius 1 is 0.602 bits per heavy atom. The summed E-state index contributed by atoms with van der Waals surface area (Å²) >= 11 is 29.6. The van der Waals surface area contributed by atoms with Crippen LogP contribution in [0.2, 0.25) is 25.1 Å². The minimum atomic E-state index is -0.204. The van der Waals surface area contributed by atoms with Crippen LogP contribution in [0.4, 0.5) is 0 Å². The number of nitrogens with one attached hydrogen (secondary N) is 2. The van der Waals surface area contributed by atoms with Gasteiger partial charge < -0.3 is 73.9 Å². The zero-order valence-electron chi connectivity index (χ0n) is 68.0. The molecule has 5 aliphatic carbocycles. The van der Waals surface area contributed by atoms with E-state index in [2.05, 4.69) is 168 Å². The monoisotopic (exact) mass is 1750 g/mol. The zero-order chi connectivity index (χ0) is 74.7. The molecule has 0 spiro atoms. The van der Waals surface area contributed by atoms with Crippen LogP contribution in [0, 0.1) is 59.6 Å². The number of hydrogen-bond donors (Lipinski definition) is 4. The number of halogens is 8. The molecule has 6 fully saturated rings. The maximum atomic E-state index is 10.9. The minimum absolute atomic E-state index is 0. The van der Waals surface area contributed by atoms with Gasteiger partial charge >= 0.3 is 75.7 Å². The van der Waals surface area contributed by atoms with Crippen molar-refractivity contribution in [3.8, 4) is 17.8 Å². The number of aliphatic hydroxyl groups is 1. The molecular weight excluding hydrogens is 1630 g/mol.